The number of aromatic nitrogens is 18. The molecule has 90 heavy (non-hydrogen) atoms. The third kappa shape index (κ3) is 19.1. The number of carboxylic acids is 1. The summed E-state index contributed by atoms with van der Waals surface area (Å²) >= 11 is 0. The summed E-state index contributed by atoms with van der Waals surface area (Å²) < 4.78 is 19.7. The van der Waals surface area contributed by atoms with Crippen molar-refractivity contribution in [2.75, 3.05) is 75.0 Å². The van der Waals surface area contributed by atoms with Gasteiger partial charge in [-0.05, 0) is 44.0 Å². The van der Waals surface area contributed by atoms with Gasteiger partial charge in [0, 0.05) is 140 Å². The van der Waals surface area contributed by atoms with Crippen molar-refractivity contribution in [3.05, 3.63) is 111 Å². The van der Waals surface area contributed by atoms with Gasteiger partial charge in [-0.2, -0.15) is 30.6 Å². The number of hydrogen-bond acceptors (Lipinski definition) is 25. The third-order valence-electron chi connectivity index (χ3n) is 13.7. The van der Waals surface area contributed by atoms with Crippen LogP contribution in [0.25, 0.3) is 33.8 Å². The van der Waals surface area contributed by atoms with E-state index in [0.717, 1.165) is 90.1 Å². The number of aliphatic carboxylic acids is 1. The minimum Gasteiger partial charge on any atom is -0.870 e. The van der Waals surface area contributed by atoms with Gasteiger partial charge >= 0.3 is 36.8 Å². The van der Waals surface area contributed by atoms with Crippen LogP contribution < -0.4 is 40.1 Å². The average molecular weight is 1230 g/mol. The Kier molecular flexibility index (Phi) is 24.0. The molecule has 0 radical (unpaired) electrons. The molecular formula is C55H67LiN24O10. The molecule has 3 aliphatic rings. The standard InChI is InChI=1S/C19H22N8O3.C17H20N8O2.C15H18N8.C4H6O4.Li.H2O/c1-13(28)30-12-18(29)26-6-4-16(11-26)27-9-14(7-22-27)17-3-5-20-19(24-17)23-15-8-21-25(2)10-15;1-23-9-13(7-19-23)21-17-18-4-2-15(22-17)12-6-20-25(8-12)14-3-5-24(10-14)16(27)11-26;1-22-10-12(7-18-22)20-15-17-5-3-14(21-15)11-6-19-23(9-11)13-2-4-16-8-13;1-3(5)8-2-4(6)7;;/h3,5,7-10,16H,4,6,11-12H2,1-2H3,(H,20,23,24);2,4,6-9,14,26H,3,5,10-11H2,1H3,(H,18,21,22);3,5-7,9-10,13,16H,2,4,8H2,1H3,(H,17,20,21);2H2,1H3,(H,6,7);;1H2/q;;;;+1;/p-1. The van der Waals surface area contributed by atoms with Gasteiger partial charge in [0.25, 0.3) is 5.91 Å². The number of amides is 2. The average Bonchev–Trinajstić information content (AvgIpc) is 2.31. The van der Waals surface area contributed by atoms with E-state index in [4.69, 9.17) is 14.9 Å². The molecule has 35 heteroatoms. The number of carbonyl (C=O) groups is 5. The first-order chi connectivity index (χ1) is 42.5. The van der Waals surface area contributed by atoms with Crippen LogP contribution in [0.3, 0.4) is 0 Å². The van der Waals surface area contributed by atoms with Crippen LogP contribution in [-0.4, -0.2) is 203 Å². The number of carbonyl (C=O) groups excluding carboxylic acids is 4. The fourth-order valence-electron chi connectivity index (χ4n) is 9.35. The molecule has 2 amide bonds. The molecule has 12 heterocycles. The van der Waals surface area contributed by atoms with Gasteiger partial charge < -0.3 is 56.2 Å². The maximum Gasteiger partial charge on any atom is 1.00 e. The van der Waals surface area contributed by atoms with E-state index >= 15 is 0 Å². The number of carboxylic acid groups (broad SMARTS) is 1. The van der Waals surface area contributed by atoms with E-state index in [0.29, 0.717) is 50.1 Å². The van der Waals surface area contributed by atoms with Crippen LogP contribution in [0.4, 0.5) is 34.9 Å². The van der Waals surface area contributed by atoms with Gasteiger partial charge in [-0.3, -0.25) is 47.3 Å². The third-order valence-corrected chi connectivity index (χ3v) is 13.7. The van der Waals surface area contributed by atoms with Crippen LogP contribution in [0, 0.1) is 0 Å². The molecule has 0 spiro atoms. The van der Waals surface area contributed by atoms with E-state index < -0.39 is 31.1 Å². The molecule has 0 bridgehead atoms. The first-order valence-corrected chi connectivity index (χ1v) is 27.8. The Morgan fingerprint density at radius 3 is 1.27 bits per heavy atom. The van der Waals surface area contributed by atoms with E-state index in [-0.39, 0.29) is 54.8 Å². The second-order valence-corrected chi connectivity index (χ2v) is 20.3. The largest absolute Gasteiger partial charge is 1.00 e. The van der Waals surface area contributed by atoms with Gasteiger partial charge in [0.15, 0.2) is 13.2 Å². The Morgan fingerprint density at radius 2 is 0.933 bits per heavy atom. The normalized spacial score (nSPS) is 15.5. The van der Waals surface area contributed by atoms with E-state index in [1.165, 1.54) is 6.92 Å². The fraction of sp³-hybridized carbons (Fsp3) is 0.364. The minimum absolute atomic E-state index is 0. The number of ether oxygens (including phenoxy) is 2. The van der Waals surface area contributed by atoms with E-state index in [1.54, 1.807) is 73.4 Å². The molecule has 3 saturated heterocycles. The summed E-state index contributed by atoms with van der Waals surface area (Å²) in [5.41, 5.74) is 7.54. The maximum absolute atomic E-state index is 12.1. The zero-order valence-electron chi connectivity index (χ0n) is 50.3. The summed E-state index contributed by atoms with van der Waals surface area (Å²) in [5.74, 6) is -1.12. The predicted octanol–water partition coefficient (Wildman–Crippen LogP) is -0.450. The quantitative estimate of drug-likeness (QED) is 0.0497. The van der Waals surface area contributed by atoms with Gasteiger partial charge in [0.2, 0.25) is 23.8 Å². The predicted molar refractivity (Wildman–Crippen MR) is 316 cm³/mol. The monoisotopic (exact) mass is 1230 g/mol. The molecule has 9 aromatic rings. The molecule has 9 aromatic heterocycles. The smallest absolute Gasteiger partial charge is 0.870 e. The summed E-state index contributed by atoms with van der Waals surface area (Å²) in [6.07, 6.45) is 29.8. The first kappa shape index (κ1) is 67.2. The number of aryl methyl sites for hydroxylation is 3. The van der Waals surface area contributed by atoms with Crippen molar-refractivity contribution in [3.63, 3.8) is 0 Å². The van der Waals surface area contributed by atoms with Crippen molar-refractivity contribution >= 4 is 64.6 Å². The zero-order valence-corrected chi connectivity index (χ0v) is 50.3. The fourth-order valence-corrected chi connectivity index (χ4v) is 9.35. The molecular weight excluding hydrogens is 1160 g/mol. The Hall–Kier alpha value is -10.3. The molecule has 3 fully saturated rings. The summed E-state index contributed by atoms with van der Waals surface area (Å²) in [6.45, 7) is 5.56. The van der Waals surface area contributed by atoms with Crippen LogP contribution in [0.5, 0.6) is 0 Å². The Bertz CT molecular complexity index is 3800. The molecule has 3 unspecified atom stereocenters. The summed E-state index contributed by atoms with van der Waals surface area (Å²) in [7, 11) is 5.55. The second kappa shape index (κ2) is 32.1. The van der Waals surface area contributed by atoms with Gasteiger partial charge in [-0.1, -0.05) is 0 Å². The zero-order chi connectivity index (χ0) is 62.1. The van der Waals surface area contributed by atoms with E-state index in [1.807, 2.05) is 96.8 Å². The molecule has 468 valence electrons. The van der Waals surface area contributed by atoms with Crippen molar-refractivity contribution in [2.24, 2.45) is 21.1 Å². The molecule has 0 aliphatic carbocycles. The maximum atomic E-state index is 12.1. The van der Waals surface area contributed by atoms with Gasteiger partial charge in [0.05, 0.1) is 89.5 Å². The van der Waals surface area contributed by atoms with E-state index in [2.05, 4.69) is 86.5 Å². The topological polar surface area (TPSA) is 413 Å². The Balaban J connectivity index is 0.000000180. The Morgan fingerprint density at radius 1 is 0.544 bits per heavy atom. The van der Waals surface area contributed by atoms with Crippen LogP contribution in [-0.2, 0) is 54.6 Å². The van der Waals surface area contributed by atoms with E-state index in [9.17, 15) is 24.0 Å². The van der Waals surface area contributed by atoms with Crippen LogP contribution >= 0.6 is 0 Å². The van der Waals surface area contributed by atoms with Crippen molar-refractivity contribution in [1.82, 2.24) is 104 Å². The molecule has 3 aliphatic heterocycles. The summed E-state index contributed by atoms with van der Waals surface area (Å²) in [4.78, 5) is 83.9. The van der Waals surface area contributed by atoms with Crippen LogP contribution in [0.2, 0.25) is 0 Å². The second-order valence-electron chi connectivity index (χ2n) is 20.3. The minimum atomic E-state index is -1.14. The summed E-state index contributed by atoms with van der Waals surface area (Å²) in [5, 5.41) is 55.3. The van der Waals surface area contributed by atoms with Gasteiger partial charge in [-0.25, -0.2) is 34.7 Å². The number of esters is 2. The molecule has 0 saturated carbocycles. The van der Waals surface area contributed by atoms with Gasteiger partial charge in [0.1, 0.15) is 6.61 Å². The van der Waals surface area contributed by atoms with Gasteiger partial charge in [-0.15, -0.1) is 0 Å². The molecule has 3 atom stereocenters. The number of likely N-dealkylation sites (tertiary alicyclic amines) is 2. The van der Waals surface area contributed by atoms with Crippen molar-refractivity contribution < 1.29 is 68.0 Å². The molecule has 7 N–H and O–H groups in total. The number of rotatable bonds is 17. The number of nitrogens with zero attached hydrogens (tertiary/aromatic N) is 20. The first-order valence-electron chi connectivity index (χ1n) is 27.8. The molecule has 0 aromatic carbocycles. The van der Waals surface area contributed by atoms with Crippen LogP contribution in [0.15, 0.2) is 111 Å². The number of hydrogen-bond donors (Lipinski definition) is 6. The van der Waals surface area contributed by atoms with Crippen LogP contribution in [0.1, 0.15) is 51.2 Å². The number of nitrogens with one attached hydrogen (secondary N) is 4. The van der Waals surface area contributed by atoms with Crippen molar-refractivity contribution in [3.8, 4) is 33.8 Å². The summed E-state index contributed by atoms with van der Waals surface area (Å²) in [6, 6.07) is 6.13. The van der Waals surface area contributed by atoms with Crippen molar-refractivity contribution in [2.45, 2.75) is 51.2 Å². The molecule has 12 rings (SSSR count). The number of aliphatic hydroxyl groups excluding tert-OH is 1. The number of anilines is 6. The molecule has 34 nitrogen and oxygen atoms in total. The Labute approximate surface area is 526 Å². The van der Waals surface area contributed by atoms with Crippen molar-refractivity contribution in [1.29, 1.82) is 0 Å². The number of aliphatic hydroxyl groups is 1. The SMILES string of the molecule is CC(=O)OCC(=O)N1CCC(n2cc(-c3ccnc(Nc4cnn(C)c4)n3)cn2)C1.CC(=O)OCC(=O)O.Cn1cc(Nc2nccc(-c3cnn(C4CCN(C(=O)CO)C4)c3)n2)cn1.Cn1cc(Nc2nccc(-c3cnn(C4CCNC4)c3)n2)cn1.[Li+].[OH-].